The second kappa shape index (κ2) is 8.87. The number of anilines is 2. The molecule has 1 aromatic carbocycles. The van der Waals surface area contributed by atoms with Crippen molar-refractivity contribution in [3.63, 3.8) is 0 Å². The Balaban J connectivity index is 1.62. The van der Waals surface area contributed by atoms with Crippen LogP contribution in [-0.4, -0.2) is 27.0 Å². The Hall–Kier alpha value is -1.87. The van der Waals surface area contributed by atoms with Crippen LogP contribution in [0.15, 0.2) is 30.5 Å². The van der Waals surface area contributed by atoms with Gasteiger partial charge in [0, 0.05) is 28.4 Å². The molecule has 0 atom stereocenters. The van der Waals surface area contributed by atoms with Crippen molar-refractivity contribution in [3.8, 4) is 0 Å². The van der Waals surface area contributed by atoms with Crippen molar-refractivity contribution in [1.82, 2.24) is 15.0 Å². The predicted octanol–water partition coefficient (Wildman–Crippen LogP) is 4.98. The van der Waals surface area contributed by atoms with Gasteiger partial charge in [-0.15, -0.1) is 0 Å². The molecule has 4 rings (SSSR count). The first-order valence-electron chi connectivity index (χ1n) is 10.4. The summed E-state index contributed by atoms with van der Waals surface area (Å²) in [5, 5.41) is 7.09. The van der Waals surface area contributed by atoms with E-state index in [4.69, 9.17) is 15.7 Å². The van der Waals surface area contributed by atoms with Gasteiger partial charge >= 0.3 is 0 Å². The van der Waals surface area contributed by atoms with Crippen molar-refractivity contribution in [2.24, 2.45) is 5.73 Å². The maximum Gasteiger partial charge on any atom is 0.225 e. The topological polar surface area (TPSA) is 91.7 Å². The van der Waals surface area contributed by atoms with Crippen LogP contribution in [0.1, 0.15) is 56.6 Å². The smallest absolute Gasteiger partial charge is 0.225 e. The number of hydrogen-bond acceptors (Lipinski definition) is 5. The van der Waals surface area contributed by atoms with E-state index in [-0.39, 0.29) is 0 Å². The van der Waals surface area contributed by atoms with Crippen molar-refractivity contribution >= 4 is 45.4 Å². The molecule has 1 aliphatic rings. The van der Waals surface area contributed by atoms with Crippen LogP contribution in [0, 0.1) is 3.57 Å². The highest BCUT2D eigenvalue weighted by molar-refractivity contribution is 14.1. The lowest BCUT2D eigenvalue weighted by Crippen LogP contribution is -2.33. The molecule has 0 radical (unpaired) electrons. The minimum atomic E-state index is 0.333. The van der Waals surface area contributed by atoms with Crippen LogP contribution in [0.4, 0.5) is 11.8 Å². The fraction of sp³-hybridized carbons (Fsp3) is 0.455. The summed E-state index contributed by atoms with van der Waals surface area (Å²) >= 11 is 2.34. The predicted molar refractivity (Wildman–Crippen MR) is 128 cm³/mol. The number of H-pyrrole nitrogens is 1. The first-order chi connectivity index (χ1) is 14.0. The van der Waals surface area contributed by atoms with E-state index in [1.165, 1.54) is 14.7 Å². The fourth-order valence-electron chi connectivity index (χ4n) is 3.94. The Labute approximate surface area is 185 Å². The molecule has 2 heterocycles. The van der Waals surface area contributed by atoms with Crippen LogP contribution in [0.5, 0.6) is 0 Å². The fourth-order valence-corrected chi connectivity index (χ4v) is 4.54. The largest absolute Gasteiger partial charge is 0.364 e. The highest BCUT2D eigenvalue weighted by Gasteiger charge is 2.21. The van der Waals surface area contributed by atoms with E-state index in [0.717, 1.165) is 49.1 Å². The second-order valence-corrected chi connectivity index (χ2v) is 9.50. The van der Waals surface area contributed by atoms with Gasteiger partial charge < -0.3 is 21.4 Å². The number of rotatable bonds is 6. The van der Waals surface area contributed by atoms with Gasteiger partial charge in [0.1, 0.15) is 5.52 Å². The van der Waals surface area contributed by atoms with E-state index in [1.807, 2.05) is 0 Å². The average molecular weight is 504 g/mol. The molecule has 1 fully saturated rings. The van der Waals surface area contributed by atoms with Gasteiger partial charge in [-0.1, -0.05) is 26.0 Å². The standard InChI is InChI=1S/C22H29IN6/c1-13(2)18-12-25-20-19(18)28-22(27-17-8-6-16(24)7-9-17)29-21(20)26-11-14-4-3-5-15(23)10-14/h3-5,10,12-13,16-17,25H,6-9,11,24H2,1-2H3,(H2,26,27,28,29). The lowest BCUT2D eigenvalue weighted by Gasteiger charge is -2.27. The summed E-state index contributed by atoms with van der Waals surface area (Å²) in [6, 6.07) is 9.22. The molecular weight excluding hydrogens is 475 g/mol. The monoisotopic (exact) mass is 504 g/mol. The Bertz CT molecular complexity index is 975. The molecule has 0 bridgehead atoms. The first-order valence-corrected chi connectivity index (χ1v) is 11.5. The molecule has 0 amide bonds. The van der Waals surface area contributed by atoms with Gasteiger partial charge in [-0.3, -0.25) is 0 Å². The summed E-state index contributed by atoms with van der Waals surface area (Å²) in [5.41, 5.74) is 10.5. The third-order valence-electron chi connectivity index (χ3n) is 5.63. The third-order valence-corrected chi connectivity index (χ3v) is 6.30. The van der Waals surface area contributed by atoms with Gasteiger partial charge in [0.25, 0.3) is 0 Å². The van der Waals surface area contributed by atoms with Gasteiger partial charge in [-0.05, 0) is 77.5 Å². The quantitative estimate of drug-likeness (QED) is 0.356. The lowest BCUT2D eigenvalue weighted by atomic mass is 9.92. The van der Waals surface area contributed by atoms with E-state index >= 15 is 0 Å². The summed E-state index contributed by atoms with van der Waals surface area (Å²) in [4.78, 5) is 13.1. The van der Waals surface area contributed by atoms with Crippen molar-refractivity contribution in [3.05, 3.63) is 45.2 Å². The number of aromatic amines is 1. The Morgan fingerprint density at radius 2 is 2.00 bits per heavy atom. The van der Waals surface area contributed by atoms with Gasteiger partial charge in [-0.2, -0.15) is 4.98 Å². The molecule has 6 nitrogen and oxygen atoms in total. The first kappa shape index (κ1) is 20.4. The Morgan fingerprint density at radius 3 is 2.72 bits per heavy atom. The number of fused-ring (bicyclic) bond motifs is 1. The van der Waals surface area contributed by atoms with Crippen molar-refractivity contribution in [1.29, 1.82) is 0 Å². The molecule has 0 spiro atoms. The van der Waals surface area contributed by atoms with Gasteiger partial charge in [0.15, 0.2) is 5.82 Å². The summed E-state index contributed by atoms with van der Waals surface area (Å²) < 4.78 is 1.23. The van der Waals surface area contributed by atoms with Crippen LogP contribution in [0.3, 0.4) is 0 Å². The number of hydrogen-bond donors (Lipinski definition) is 4. The molecule has 0 saturated heterocycles. The number of aromatic nitrogens is 3. The van der Waals surface area contributed by atoms with E-state index in [9.17, 15) is 0 Å². The lowest BCUT2D eigenvalue weighted by molar-refractivity contribution is 0.410. The van der Waals surface area contributed by atoms with Gasteiger partial charge in [0.05, 0.1) is 5.52 Å². The van der Waals surface area contributed by atoms with Crippen molar-refractivity contribution < 1.29 is 0 Å². The van der Waals surface area contributed by atoms with E-state index in [0.29, 0.717) is 23.9 Å². The van der Waals surface area contributed by atoms with Crippen LogP contribution < -0.4 is 16.4 Å². The number of nitrogens with two attached hydrogens (primary N) is 1. The number of halogens is 1. The maximum absolute atomic E-state index is 6.06. The van der Waals surface area contributed by atoms with Gasteiger partial charge in [-0.25, -0.2) is 4.98 Å². The Kier molecular flexibility index (Phi) is 6.24. The van der Waals surface area contributed by atoms with E-state index < -0.39 is 0 Å². The molecule has 29 heavy (non-hydrogen) atoms. The average Bonchev–Trinajstić information content (AvgIpc) is 3.12. The van der Waals surface area contributed by atoms with E-state index in [2.05, 4.69) is 82.5 Å². The highest BCUT2D eigenvalue weighted by Crippen LogP contribution is 2.30. The molecule has 5 N–H and O–H groups in total. The molecule has 1 aliphatic carbocycles. The molecule has 0 unspecified atom stereocenters. The Morgan fingerprint density at radius 1 is 1.21 bits per heavy atom. The maximum atomic E-state index is 6.06. The minimum absolute atomic E-state index is 0.333. The number of nitrogens with one attached hydrogen (secondary N) is 3. The molecule has 154 valence electrons. The van der Waals surface area contributed by atoms with Crippen LogP contribution in [0.25, 0.3) is 11.0 Å². The molecule has 1 saturated carbocycles. The van der Waals surface area contributed by atoms with Crippen LogP contribution >= 0.6 is 22.6 Å². The zero-order valence-electron chi connectivity index (χ0n) is 17.0. The van der Waals surface area contributed by atoms with E-state index in [1.54, 1.807) is 0 Å². The molecule has 7 heteroatoms. The summed E-state index contributed by atoms with van der Waals surface area (Å²) in [6.07, 6.45) is 6.30. The molecular formula is C22H29IN6. The number of nitrogens with zero attached hydrogens (tertiary/aromatic N) is 2. The van der Waals surface area contributed by atoms with Crippen LogP contribution in [-0.2, 0) is 6.54 Å². The molecule has 0 aliphatic heterocycles. The van der Waals surface area contributed by atoms with Crippen molar-refractivity contribution in [2.45, 2.75) is 64.1 Å². The highest BCUT2D eigenvalue weighted by atomic mass is 127. The SMILES string of the molecule is CC(C)c1c[nH]c2c(NCc3cccc(I)c3)nc(NC3CCC(N)CC3)nc12. The summed E-state index contributed by atoms with van der Waals surface area (Å²) in [5.74, 6) is 1.93. The zero-order valence-corrected chi connectivity index (χ0v) is 19.2. The summed E-state index contributed by atoms with van der Waals surface area (Å²) in [6.45, 7) is 5.11. The zero-order chi connectivity index (χ0) is 20.4. The van der Waals surface area contributed by atoms with Crippen LogP contribution in [0.2, 0.25) is 0 Å². The van der Waals surface area contributed by atoms with Crippen molar-refractivity contribution in [2.75, 3.05) is 10.6 Å². The normalized spacial score (nSPS) is 19.6. The second-order valence-electron chi connectivity index (χ2n) is 8.26. The number of benzene rings is 1. The molecule has 3 aromatic rings. The summed E-state index contributed by atoms with van der Waals surface area (Å²) in [7, 11) is 0. The van der Waals surface area contributed by atoms with Gasteiger partial charge in [0.2, 0.25) is 5.95 Å². The molecule has 2 aromatic heterocycles. The third kappa shape index (κ3) is 4.83. The minimum Gasteiger partial charge on any atom is -0.364 e.